The molecule has 1 saturated heterocycles. The highest BCUT2D eigenvalue weighted by Gasteiger charge is 2.48. The number of aryl methyl sites for hydroxylation is 1. The molecule has 2 aromatic heterocycles. The van der Waals surface area contributed by atoms with Gasteiger partial charge in [-0.25, -0.2) is 0 Å². The number of Topliss-reactive ketones (excluding diaryl/α,β-unsaturated/α-hetero) is 1. The molecule has 142 valence electrons. The second-order valence-electron chi connectivity index (χ2n) is 6.07. The molecule has 1 aliphatic rings. The van der Waals surface area contributed by atoms with Crippen LogP contribution in [0.25, 0.3) is 5.76 Å². The Morgan fingerprint density at radius 2 is 2.07 bits per heavy atom. The van der Waals surface area contributed by atoms with Crippen molar-refractivity contribution in [2.45, 2.75) is 13.0 Å². The molecule has 0 saturated carbocycles. The van der Waals surface area contributed by atoms with Gasteiger partial charge in [-0.05, 0) is 31.2 Å². The third kappa shape index (κ3) is 2.98. The van der Waals surface area contributed by atoms with Crippen LogP contribution in [-0.4, -0.2) is 34.1 Å². The summed E-state index contributed by atoms with van der Waals surface area (Å²) < 4.78 is 5.20. The van der Waals surface area contributed by atoms with Crippen molar-refractivity contribution in [3.63, 3.8) is 0 Å². The highest BCUT2D eigenvalue weighted by molar-refractivity contribution is 7.14. The van der Waals surface area contributed by atoms with Crippen molar-refractivity contribution in [1.82, 2.24) is 10.2 Å². The molecule has 1 fully saturated rings. The molecule has 0 aliphatic carbocycles. The fourth-order valence-corrected chi connectivity index (χ4v) is 4.66. The van der Waals surface area contributed by atoms with Crippen LogP contribution in [0.2, 0.25) is 0 Å². The maximum Gasteiger partial charge on any atom is 0.301 e. The van der Waals surface area contributed by atoms with E-state index in [0.717, 1.165) is 21.1 Å². The van der Waals surface area contributed by atoms with Crippen LogP contribution in [0.5, 0.6) is 5.75 Å². The van der Waals surface area contributed by atoms with E-state index in [2.05, 4.69) is 10.2 Å². The number of hydrogen-bond donors (Lipinski definition) is 1. The lowest BCUT2D eigenvalue weighted by atomic mass is 10.00. The summed E-state index contributed by atoms with van der Waals surface area (Å²) in [6.45, 7) is 1.94. The van der Waals surface area contributed by atoms with Crippen LogP contribution in [0.4, 0.5) is 5.13 Å². The first-order valence-corrected chi connectivity index (χ1v) is 9.99. The molecule has 9 heteroatoms. The Morgan fingerprint density at radius 3 is 2.71 bits per heavy atom. The molecule has 0 bridgehead atoms. The number of aliphatic hydroxyl groups is 1. The molecule has 1 aromatic carbocycles. The third-order valence-corrected chi connectivity index (χ3v) is 6.11. The SMILES string of the molecule is COc1cccc(/C(O)=C2\C(=O)C(=O)N(c3nncs3)C2c2ccc(C)s2)c1. The minimum Gasteiger partial charge on any atom is -0.507 e. The number of ether oxygens (including phenoxy) is 1. The Balaban J connectivity index is 1.93. The van der Waals surface area contributed by atoms with Crippen molar-refractivity contribution in [1.29, 1.82) is 0 Å². The van der Waals surface area contributed by atoms with E-state index in [1.165, 1.54) is 28.9 Å². The number of hydrogen-bond acceptors (Lipinski definition) is 8. The maximum absolute atomic E-state index is 12.9. The molecule has 7 nitrogen and oxygen atoms in total. The molecule has 3 heterocycles. The highest BCUT2D eigenvalue weighted by atomic mass is 32.1. The van der Waals surface area contributed by atoms with Gasteiger partial charge in [0, 0.05) is 15.3 Å². The van der Waals surface area contributed by atoms with Crippen LogP contribution in [-0.2, 0) is 9.59 Å². The zero-order chi connectivity index (χ0) is 19.8. The van der Waals surface area contributed by atoms with Gasteiger partial charge in [-0.2, -0.15) is 0 Å². The Kier molecular flexibility index (Phi) is 4.70. The molecule has 0 spiro atoms. The standard InChI is InChI=1S/C19H15N3O4S2/c1-10-6-7-13(28-10)15-14(16(23)11-4-3-5-12(8-11)26-2)17(24)18(25)22(15)19-21-20-9-27-19/h3-9,15,23H,1-2H3/b16-14+. The Morgan fingerprint density at radius 1 is 1.25 bits per heavy atom. The molecule has 1 unspecified atom stereocenters. The second-order valence-corrected chi connectivity index (χ2v) is 8.20. The Labute approximate surface area is 168 Å². The van der Waals surface area contributed by atoms with Crippen LogP contribution in [0.3, 0.4) is 0 Å². The van der Waals surface area contributed by atoms with Crippen LogP contribution < -0.4 is 9.64 Å². The van der Waals surface area contributed by atoms with Crippen molar-refractivity contribution >= 4 is 45.3 Å². The summed E-state index contributed by atoms with van der Waals surface area (Å²) in [6, 6.07) is 9.71. The molecule has 4 rings (SSSR count). The summed E-state index contributed by atoms with van der Waals surface area (Å²) in [4.78, 5) is 28.8. The van der Waals surface area contributed by atoms with E-state index >= 15 is 0 Å². The summed E-state index contributed by atoms with van der Waals surface area (Å²) in [5.74, 6) is -1.21. The number of methoxy groups -OCH3 is 1. The summed E-state index contributed by atoms with van der Waals surface area (Å²) in [5, 5.41) is 19.0. The number of ketones is 1. The molecule has 1 atom stereocenters. The number of nitrogens with zero attached hydrogens (tertiary/aromatic N) is 3. The maximum atomic E-state index is 12.9. The van der Waals surface area contributed by atoms with Crippen LogP contribution >= 0.6 is 22.7 Å². The van der Waals surface area contributed by atoms with Gasteiger partial charge < -0.3 is 9.84 Å². The quantitative estimate of drug-likeness (QED) is 0.400. The summed E-state index contributed by atoms with van der Waals surface area (Å²) in [7, 11) is 1.52. The predicted octanol–water partition coefficient (Wildman–Crippen LogP) is 3.54. The van der Waals surface area contributed by atoms with E-state index in [0.29, 0.717) is 16.4 Å². The lowest BCUT2D eigenvalue weighted by Gasteiger charge is -2.21. The lowest BCUT2D eigenvalue weighted by Crippen LogP contribution is -2.29. The molecule has 1 aliphatic heterocycles. The monoisotopic (exact) mass is 413 g/mol. The van der Waals surface area contributed by atoms with Crippen molar-refractivity contribution in [2.24, 2.45) is 0 Å². The number of rotatable bonds is 4. The number of thiophene rings is 1. The number of benzene rings is 1. The van der Waals surface area contributed by atoms with E-state index < -0.39 is 17.7 Å². The molecular weight excluding hydrogens is 398 g/mol. The smallest absolute Gasteiger partial charge is 0.301 e. The minimum atomic E-state index is -0.766. The number of aliphatic hydroxyl groups excluding tert-OH is 1. The third-order valence-electron chi connectivity index (χ3n) is 4.37. The Bertz CT molecular complexity index is 1090. The first kappa shape index (κ1) is 18.3. The largest absolute Gasteiger partial charge is 0.507 e. The van der Waals surface area contributed by atoms with Gasteiger partial charge in [-0.3, -0.25) is 14.5 Å². The highest BCUT2D eigenvalue weighted by Crippen LogP contribution is 2.44. The number of carbonyl (C=O) groups is 2. The van der Waals surface area contributed by atoms with Crippen LogP contribution in [0.15, 0.2) is 47.5 Å². The summed E-state index contributed by atoms with van der Waals surface area (Å²) in [5.41, 5.74) is 1.91. The molecule has 1 amide bonds. The minimum absolute atomic E-state index is 0.0234. The fourth-order valence-electron chi connectivity index (χ4n) is 3.10. The predicted molar refractivity (Wildman–Crippen MR) is 107 cm³/mol. The molecule has 28 heavy (non-hydrogen) atoms. The van der Waals surface area contributed by atoms with Gasteiger partial charge >= 0.3 is 5.91 Å². The molecule has 0 radical (unpaired) electrons. The van der Waals surface area contributed by atoms with Gasteiger partial charge in [-0.15, -0.1) is 21.5 Å². The van der Waals surface area contributed by atoms with Crippen molar-refractivity contribution in [3.05, 3.63) is 62.8 Å². The Hall–Kier alpha value is -3.04. The van der Waals surface area contributed by atoms with E-state index in [9.17, 15) is 14.7 Å². The van der Waals surface area contributed by atoms with E-state index in [1.54, 1.807) is 24.3 Å². The summed E-state index contributed by atoms with van der Waals surface area (Å²) in [6.07, 6.45) is 0. The van der Waals surface area contributed by atoms with Gasteiger partial charge in [0.15, 0.2) is 0 Å². The van der Waals surface area contributed by atoms with E-state index in [-0.39, 0.29) is 11.3 Å². The fraction of sp³-hybridized carbons (Fsp3) is 0.158. The van der Waals surface area contributed by atoms with Crippen LogP contribution in [0, 0.1) is 6.92 Å². The van der Waals surface area contributed by atoms with Gasteiger partial charge in [-0.1, -0.05) is 23.5 Å². The second kappa shape index (κ2) is 7.17. The topological polar surface area (TPSA) is 92.6 Å². The van der Waals surface area contributed by atoms with Gasteiger partial charge in [0.2, 0.25) is 5.13 Å². The zero-order valence-corrected chi connectivity index (χ0v) is 16.6. The normalized spacial score (nSPS) is 18.6. The van der Waals surface area contributed by atoms with Crippen molar-refractivity contribution < 1.29 is 19.4 Å². The van der Waals surface area contributed by atoms with Crippen LogP contribution in [0.1, 0.15) is 21.4 Å². The van der Waals surface area contributed by atoms with Crippen molar-refractivity contribution in [3.8, 4) is 5.75 Å². The van der Waals surface area contributed by atoms with Crippen molar-refractivity contribution in [2.75, 3.05) is 12.0 Å². The molecule has 3 aromatic rings. The number of carbonyl (C=O) groups excluding carboxylic acids is 2. The average Bonchev–Trinajstić information content (AvgIpc) is 3.42. The van der Waals surface area contributed by atoms with Gasteiger partial charge in [0.25, 0.3) is 5.78 Å². The number of anilines is 1. The van der Waals surface area contributed by atoms with E-state index in [1.807, 2.05) is 19.1 Å². The molecular formula is C19H15N3O4S2. The zero-order valence-electron chi connectivity index (χ0n) is 14.9. The van der Waals surface area contributed by atoms with Gasteiger partial charge in [0.1, 0.15) is 23.1 Å². The van der Waals surface area contributed by atoms with E-state index in [4.69, 9.17) is 4.74 Å². The first-order chi connectivity index (χ1) is 13.5. The summed E-state index contributed by atoms with van der Waals surface area (Å²) >= 11 is 2.61. The van der Waals surface area contributed by atoms with Gasteiger partial charge in [0.05, 0.1) is 12.7 Å². The molecule has 1 N–H and O–H groups in total. The number of aromatic nitrogens is 2. The lowest BCUT2D eigenvalue weighted by molar-refractivity contribution is -0.132. The first-order valence-electron chi connectivity index (χ1n) is 8.29. The average molecular weight is 413 g/mol. The number of amides is 1.